The number of H-pyrrole nitrogens is 1. The van der Waals surface area contributed by atoms with Crippen LogP contribution in [-0.2, 0) is 0 Å². The molecule has 0 aliphatic heterocycles. The predicted octanol–water partition coefficient (Wildman–Crippen LogP) is 2.70. The summed E-state index contributed by atoms with van der Waals surface area (Å²) >= 11 is 2.83. The Morgan fingerprint density at radius 3 is 2.83 bits per heavy atom. The molecule has 0 amide bonds. The largest absolute Gasteiger partial charge is 0.382 e. The highest BCUT2D eigenvalue weighted by atomic mass is 32.2. The van der Waals surface area contributed by atoms with Crippen LogP contribution in [0.1, 0.15) is 34.0 Å². The minimum Gasteiger partial charge on any atom is -0.382 e. The minimum atomic E-state index is -0.169. The highest BCUT2D eigenvalue weighted by Gasteiger charge is 2.17. The number of nitriles is 1. The summed E-state index contributed by atoms with van der Waals surface area (Å²) in [4.78, 5) is 29.8. The van der Waals surface area contributed by atoms with Gasteiger partial charge in [0.15, 0.2) is 5.16 Å². The fourth-order valence-electron chi connectivity index (χ4n) is 2.20. The maximum absolute atomic E-state index is 12.3. The molecule has 0 unspecified atom stereocenters. The van der Waals surface area contributed by atoms with E-state index < -0.39 is 0 Å². The van der Waals surface area contributed by atoms with E-state index in [1.54, 1.807) is 0 Å². The van der Waals surface area contributed by atoms with Crippen molar-refractivity contribution in [3.8, 4) is 6.07 Å². The Morgan fingerprint density at radius 2 is 2.17 bits per heavy atom. The first-order valence-electron chi connectivity index (χ1n) is 7.10. The molecule has 0 saturated carbocycles. The molecular weight excluding hydrogens is 344 g/mol. The van der Waals surface area contributed by atoms with Gasteiger partial charge in [0.25, 0.3) is 5.56 Å². The molecule has 0 aromatic carbocycles. The Balaban J connectivity index is 1.94. The molecule has 0 aliphatic carbocycles. The van der Waals surface area contributed by atoms with E-state index in [4.69, 9.17) is 11.0 Å². The van der Waals surface area contributed by atoms with E-state index >= 15 is 0 Å². The molecule has 3 aromatic rings. The van der Waals surface area contributed by atoms with Crippen molar-refractivity contribution in [2.45, 2.75) is 31.2 Å². The topological polar surface area (TPSA) is 121 Å². The Labute approximate surface area is 146 Å². The Morgan fingerprint density at radius 1 is 1.42 bits per heavy atom. The van der Waals surface area contributed by atoms with Crippen LogP contribution in [0.3, 0.4) is 0 Å². The van der Waals surface area contributed by atoms with E-state index in [0.717, 1.165) is 15.3 Å². The SMILES string of the molecule is Cc1sc2nc([C@@H](C)Sc3ncc(C#N)c(N)n3)[nH]c(=O)c2c1C. The fraction of sp³-hybridized carbons (Fsp3) is 0.267. The van der Waals surface area contributed by atoms with Crippen molar-refractivity contribution in [2.24, 2.45) is 0 Å². The average Bonchev–Trinajstić information content (AvgIpc) is 2.82. The number of nitrogen functional groups attached to an aromatic ring is 1. The molecule has 24 heavy (non-hydrogen) atoms. The van der Waals surface area contributed by atoms with Gasteiger partial charge in [-0.15, -0.1) is 11.3 Å². The summed E-state index contributed by atoms with van der Waals surface area (Å²) in [6.07, 6.45) is 1.39. The van der Waals surface area contributed by atoms with Crippen molar-refractivity contribution in [3.05, 3.63) is 38.4 Å². The van der Waals surface area contributed by atoms with Gasteiger partial charge >= 0.3 is 0 Å². The summed E-state index contributed by atoms with van der Waals surface area (Å²) in [6, 6.07) is 1.92. The highest BCUT2D eigenvalue weighted by Crippen LogP contribution is 2.33. The highest BCUT2D eigenvalue weighted by molar-refractivity contribution is 7.99. The van der Waals surface area contributed by atoms with E-state index in [9.17, 15) is 4.79 Å². The van der Waals surface area contributed by atoms with Gasteiger partial charge in [0.2, 0.25) is 0 Å². The number of nitrogens with one attached hydrogen (secondary N) is 1. The van der Waals surface area contributed by atoms with Gasteiger partial charge in [-0.05, 0) is 26.3 Å². The van der Waals surface area contributed by atoms with E-state index in [2.05, 4.69) is 19.9 Å². The van der Waals surface area contributed by atoms with E-state index in [1.807, 2.05) is 26.8 Å². The summed E-state index contributed by atoms with van der Waals surface area (Å²) in [7, 11) is 0. The molecular formula is C15H14N6OS2. The molecule has 1 atom stereocenters. The van der Waals surface area contributed by atoms with Crippen molar-refractivity contribution in [1.82, 2.24) is 19.9 Å². The molecule has 3 heterocycles. The Bertz CT molecular complexity index is 1030. The van der Waals surface area contributed by atoms with Gasteiger partial charge in [-0.2, -0.15) is 5.26 Å². The molecule has 0 fully saturated rings. The second kappa shape index (κ2) is 6.22. The number of thioether (sulfide) groups is 1. The van der Waals surface area contributed by atoms with Crippen LogP contribution >= 0.6 is 23.1 Å². The lowest BCUT2D eigenvalue weighted by atomic mass is 10.2. The van der Waals surface area contributed by atoms with Crippen molar-refractivity contribution in [1.29, 1.82) is 5.26 Å². The van der Waals surface area contributed by atoms with Crippen LogP contribution in [0.15, 0.2) is 16.1 Å². The number of anilines is 1. The zero-order valence-corrected chi connectivity index (χ0v) is 14.9. The third-order valence-corrected chi connectivity index (χ3v) is 5.73. The van der Waals surface area contributed by atoms with E-state index in [1.165, 1.54) is 29.3 Å². The van der Waals surface area contributed by atoms with Crippen LogP contribution in [0.5, 0.6) is 0 Å². The van der Waals surface area contributed by atoms with E-state index in [0.29, 0.717) is 16.4 Å². The normalized spacial score (nSPS) is 12.2. The first kappa shape index (κ1) is 16.4. The number of aromatic nitrogens is 4. The monoisotopic (exact) mass is 358 g/mol. The van der Waals surface area contributed by atoms with Crippen LogP contribution in [0, 0.1) is 25.2 Å². The molecule has 0 radical (unpaired) electrons. The maximum Gasteiger partial charge on any atom is 0.259 e. The molecule has 9 heteroatoms. The zero-order chi connectivity index (χ0) is 17.4. The lowest BCUT2D eigenvalue weighted by Gasteiger charge is -2.09. The second-order valence-electron chi connectivity index (χ2n) is 5.24. The standard InChI is InChI=1S/C15H14N6OS2/c1-6-7(2)23-14-10(6)13(22)20-12(21-14)8(3)24-15-18-5-9(4-16)11(17)19-15/h5,8H,1-3H3,(H2,17,18,19)(H,20,21,22)/t8-/m1/s1. The number of nitrogens with two attached hydrogens (primary N) is 1. The third kappa shape index (κ3) is 2.86. The van der Waals surface area contributed by atoms with Gasteiger partial charge in [0.05, 0.1) is 16.8 Å². The quantitative estimate of drug-likeness (QED) is 0.545. The number of thiophene rings is 1. The molecule has 0 aliphatic rings. The summed E-state index contributed by atoms with van der Waals surface area (Å²) in [5, 5.41) is 9.77. The molecule has 3 aromatic heterocycles. The molecule has 3 rings (SSSR count). The number of aromatic amines is 1. The van der Waals surface area contributed by atoms with Crippen molar-refractivity contribution < 1.29 is 0 Å². The molecule has 3 N–H and O–H groups in total. The summed E-state index contributed by atoms with van der Waals surface area (Å²) in [5.74, 6) is 0.703. The van der Waals surface area contributed by atoms with Crippen molar-refractivity contribution in [2.75, 3.05) is 5.73 Å². The second-order valence-corrected chi connectivity index (χ2v) is 7.75. The van der Waals surface area contributed by atoms with Gasteiger partial charge in [0.1, 0.15) is 28.1 Å². The minimum absolute atomic E-state index is 0.135. The van der Waals surface area contributed by atoms with Crippen LogP contribution in [0.25, 0.3) is 10.2 Å². The molecule has 7 nitrogen and oxygen atoms in total. The molecule has 122 valence electrons. The first-order valence-corrected chi connectivity index (χ1v) is 8.79. The van der Waals surface area contributed by atoms with Crippen LogP contribution < -0.4 is 11.3 Å². The lowest BCUT2D eigenvalue weighted by Crippen LogP contribution is -2.12. The predicted molar refractivity (Wildman–Crippen MR) is 95.1 cm³/mol. The Kier molecular flexibility index (Phi) is 4.26. The number of aryl methyl sites for hydroxylation is 2. The summed E-state index contributed by atoms with van der Waals surface area (Å²) < 4.78 is 0. The number of fused-ring (bicyclic) bond motifs is 1. The average molecular weight is 358 g/mol. The van der Waals surface area contributed by atoms with E-state index in [-0.39, 0.29) is 22.2 Å². The number of rotatable bonds is 3. The smallest absolute Gasteiger partial charge is 0.259 e. The van der Waals surface area contributed by atoms with Gasteiger partial charge in [0, 0.05) is 4.88 Å². The summed E-state index contributed by atoms with van der Waals surface area (Å²) in [6.45, 7) is 5.81. The van der Waals surface area contributed by atoms with Crippen LogP contribution in [-0.4, -0.2) is 19.9 Å². The maximum atomic E-state index is 12.3. The van der Waals surface area contributed by atoms with Gasteiger partial charge < -0.3 is 10.7 Å². The van der Waals surface area contributed by atoms with Crippen molar-refractivity contribution >= 4 is 39.1 Å². The van der Waals surface area contributed by atoms with Crippen LogP contribution in [0.2, 0.25) is 0 Å². The number of hydrogen-bond donors (Lipinski definition) is 2. The lowest BCUT2D eigenvalue weighted by molar-refractivity contribution is 0.903. The molecule has 0 bridgehead atoms. The number of hydrogen-bond acceptors (Lipinski definition) is 8. The van der Waals surface area contributed by atoms with Gasteiger partial charge in [-0.3, -0.25) is 4.79 Å². The van der Waals surface area contributed by atoms with Crippen LogP contribution in [0.4, 0.5) is 5.82 Å². The first-order chi connectivity index (χ1) is 11.4. The third-order valence-electron chi connectivity index (χ3n) is 3.64. The Hall–Kier alpha value is -2.44. The molecule has 0 spiro atoms. The summed E-state index contributed by atoms with van der Waals surface area (Å²) in [5.41, 5.74) is 6.78. The van der Waals surface area contributed by atoms with Crippen molar-refractivity contribution in [3.63, 3.8) is 0 Å². The van der Waals surface area contributed by atoms with Gasteiger partial charge in [-0.25, -0.2) is 15.0 Å². The molecule has 0 saturated heterocycles. The van der Waals surface area contributed by atoms with Gasteiger partial charge in [-0.1, -0.05) is 11.8 Å². The number of nitrogens with zero attached hydrogens (tertiary/aromatic N) is 4. The fourth-order valence-corrected chi connectivity index (χ4v) is 4.04. The zero-order valence-electron chi connectivity index (χ0n) is 13.2.